The van der Waals surface area contributed by atoms with E-state index in [1.165, 1.54) is 7.11 Å². The molecule has 218 valence electrons. The number of hydrogen-bond acceptors (Lipinski definition) is 7. The lowest BCUT2D eigenvalue weighted by molar-refractivity contribution is -0.130. The van der Waals surface area contributed by atoms with E-state index in [9.17, 15) is 22.8 Å². The molecule has 1 N–H and O–H groups in total. The van der Waals surface area contributed by atoms with Gasteiger partial charge < -0.3 is 15.0 Å². The van der Waals surface area contributed by atoms with Crippen LogP contribution in [0.3, 0.4) is 0 Å². The number of fused-ring (bicyclic) bond motifs is 1. The lowest BCUT2D eigenvalue weighted by Crippen LogP contribution is -2.44. The van der Waals surface area contributed by atoms with Gasteiger partial charge in [0.05, 0.1) is 36.0 Å². The number of esters is 1. The average Bonchev–Trinajstić information content (AvgIpc) is 3.33. The Hall–Kier alpha value is -4.51. The number of aliphatic imine (C=N–C) groups is 1. The summed E-state index contributed by atoms with van der Waals surface area (Å²) in [6.45, 7) is 0.992. The lowest BCUT2D eigenvalue weighted by Gasteiger charge is -2.30. The van der Waals surface area contributed by atoms with Gasteiger partial charge in [0.2, 0.25) is 21.8 Å². The van der Waals surface area contributed by atoms with Gasteiger partial charge in [-0.05, 0) is 66.8 Å². The van der Waals surface area contributed by atoms with Crippen LogP contribution in [-0.2, 0) is 24.3 Å². The number of nitrogens with zero attached hydrogens (tertiary/aromatic N) is 3. The molecule has 3 aromatic carbocycles. The Bertz CT molecular complexity index is 1630. The number of sulfonamides is 1. The van der Waals surface area contributed by atoms with Crippen molar-refractivity contribution in [2.45, 2.75) is 25.2 Å². The number of benzene rings is 3. The van der Waals surface area contributed by atoms with Crippen molar-refractivity contribution in [1.82, 2.24) is 4.90 Å². The SMILES string of the molecule is COC(=O)c1ccc2c(c1)NC(=O)C2C(=Nc1ccc(N(CC(=O)N2CCCCC2)S(C)(=O)=O)cc1)c1ccccc1. The van der Waals surface area contributed by atoms with Crippen LogP contribution >= 0.6 is 0 Å². The molecule has 0 bridgehead atoms. The molecule has 1 fully saturated rings. The lowest BCUT2D eigenvalue weighted by atomic mass is 9.90. The van der Waals surface area contributed by atoms with Gasteiger partial charge >= 0.3 is 5.97 Å². The molecule has 0 saturated carbocycles. The third kappa shape index (κ3) is 6.20. The van der Waals surface area contributed by atoms with Crippen LogP contribution in [0.15, 0.2) is 77.8 Å². The largest absolute Gasteiger partial charge is 0.465 e. The molecule has 10 nitrogen and oxygen atoms in total. The van der Waals surface area contributed by atoms with E-state index in [2.05, 4.69) is 5.32 Å². The van der Waals surface area contributed by atoms with Gasteiger partial charge in [0, 0.05) is 18.8 Å². The Labute approximate surface area is 245 Å². The van der Waals surface area contributed by atoms with Crippen molar-refractivity contribution in [2.75, 3.05) is 42.6 Å². The van der Waals surface area contributed by atoms with E-state index in [0.29, 0.717) is 47.0 Å². The van der Waals surface area contributed by atoms with Gasteiger partial charge in [-0.3, -0.25) is 18.9 Å². The molecule has 2 aliphatic heterocycles. The summed E-state index contributed by atoms with van der Waals surface area (Å²) >= 11 is 0. The quantitative estimate of drug-likeness (QED) is 0.312. The summed E-state index contributed by atoms with van der Waals surface area (Å²) in [5.41, 5.74) is 3.57. The van der Waals surface area contributed by atoms with E-state index < -0.39 is 21.9 Å². The number of rotatable bonds is 8. The summed E-state index contributed by atoms with van der Waals surface area (Å²) in [5.74, 6) is -1.77. The Morgan fingerprint density at radius 3 is 2.31 bits per heavy atom. The maximum Gasteiger partial charge on any atom is 0.337 e. The molecule has 11 heteroatoms. The summed E-state index contributed by atoms with van der Waals surface area (Å²) in [7, 11) is -2.44. The first-order valence-electron chi connectivity index (χ1n) is 13.7. The van der Waals surface area contributed by atoms with Crippen LogP contribution in [0.25, 0.3) is 0 Å². The highest BCUT2D eigenvalue weighted by molar-refractivity contribution is 7.92. The fraction of sp³-hybridized carbons (Fsp3) is 0.290. The molecule has 2 heterocycles. The van der Waals surface area contributed by atoms with Crippen molar-refractivity contribution in [3.05, 3.63) is 89.5 Å². The van der Waals surface area contributed by atoms with E-state index in [1.807, 2.05) is 30.3 Å². The Morgan fingerprint density at radius 2 is 1.67 bits per heavy atom. The Kier molecular flexibility index (Phi) is 8.39. The van der Waals surface area contributed by atoms with E-state index in [4.69, 9.17) is 9.73 Å². The molecule has 0 spiro atoms. The van der Waals surface area contributed by atoms with Gasteiger partial charge in [-0.25, -0.2) is 13.2 Å². The van der Waals surface area contributed by atoms with Gasteiger partial charge in [-0.1, -0.05) is 36.4 Å². The molecule has 0 radical (unpaired) electrons. The zero-order valence-electron chi connectivity index (χ0n) is 23.4. The molecule has 1 unspecified atom stereocenters. The second-order valence-electron chi connectivity index (χ2n) is 10.3. The predicted octanol–water partition coefficient (Wildman–Crippen LogP) is 4.11. The summed E-state index contributed by atoms with van der Waals surface area (Å²) < 4.78 is 31.2. The average molecular weight is 589 g/mol. The van der Waals surface area contributed by atoms with Crippen molar-refractivity contribution in [2.24, 2.45) is 4.99 Å². The second-order valence-corrected chi connectivity index (χ2v) is 12.2. The highest BCUT2D eigenvalue weighted by atomic mass is 32.2. The van der Waals surface area contributed by atoms with Gasteiger partial charge in [0.25, 0.3) is 0 Å². The van der Waals surface area contributed by atoms with E-state index in [1.54, 1.807) is 47.4 Å². The Morgan fingerprint density at radius 1 is 0.976 bits per heavy atom. The van der Waals surface area contributed by atoms with Gasteiger partial charge in [0.1, 0.15) is 12.5 Å². The second kappa shape index (κ2) is 12.2. The van der Waals surface area contributed by atoms with Crippen molar-refractivity contribution in [1.29, 1.82) is 0 Å². The topological polar surface area (TPSA) is 125 Å². The molecule has 5 rings (SSSR count). The summed E-state index contributed by atoms with van der Waals surface area (Å²) in [5, 5.41) is 2.85. The highest BCUT2D eigenvalue weighted by Gasteiger charge is 2.36. The third-order valence-electron chi connectivity index (χ3n) is 7.42. The minimum Gasteiger partial charge on any atom is -0.465 e. The molecular weight excluding hydrogens is 556 g/mol. The maximum atomic E-state index is 13.3. The number of methoxy groups -OCH3 is 1. The van der Waals surface area contributed by atoms with Crippen molar-refractivity contribution in [3.63, 3.8) is 0 Å². The number of hydrogen-bond donors (Lipinski definition) is 1. The number of likely N-dealkylation sites (tertiary alicyclic amines) is 1. The highest BCUT2D eigenvalue weighted by Crippen LogP contribution is 2.37. The standard InChI is InChI=1S/C31H32N4O6S/c1-41-31(38)22-11-16-25-26(19-22)33-30(37)28(25)29(21-9-5-3-6-10-21)32-23-12-14-24(15-13-23)35(42(2,39)40)20-27(36)34-17-7-4-8-18-34/h3,5-6,9-16,19,28H,4,7-8,17-18,20H2,1-2H3,(H,33,37). The van der Waals surface area contributed by atoms with Crippen LogP contribution in [0, 0.1) is 0 Å². The van der Waals surface area contributed by atoms with Crippen LogP contribution in [0.5, 0.6) is 0 Å². The van der Waals surface area contributed by atoms with Crippen LogP contribution in [0.4, 0.5) is 17.1 Å². The monoisotopic (exact) mass is 588 g/mol. The third-order valence-corrected chi connectivity index (χ3v) is 8.56. The molecule has 1 atom stereocenters. The molecule has 0 aromatic heterocycles. The Balaban J connectivity index is 1.48. The van der Waals surface area contributed by atoms with Gasteiger partial charge in [0.15, 0.2) is 0 Å². The minimum absolute atomic E-state index is 0.227. The van der Waals surface area contributed by atoms with Crippen LogP contribution in [0.2, 0.25) is 0 Å². The smallest absolute Gasteiger partial charge is 0.337 e. The molecule has 1 saturated heterocycles. The van der Waals surface area contributed by atoms with Crippen LogP contribution in [0.1, 0.15) is 46.7 Å². The van der Waals surface area contributed by atoms with E-state index >= 15 is 0 Å². The molecular formula is C31H32N4O6S. The predicted molar refractivity (Wildman–Crippen MR) is 161 cm³/mol. The number of nitrogens with one attached hydrogen (secondary N) is 1. The fourth-order valence-electron chi connectivity index (χ4n) is 5.28. The van der Waals surface area contributed by atoms with Gasteiger partial charge in [-0.2, -0.15) is 0 Å². The minimum atomic E-state index is -3.73. The molecule has 2 amide bonds. The summed E-state index contributed by atoms with van der Waals surface area (Å²) in [6.07, 6.45) is 3.97. The summed E-state index contributed by atoms with van der Waals surface area (Å²) in [4.78, 5) is 44.7. The fourth-order valence-corrected chi connectivity index (χ4v) is 6.13. The molecule has 0 aliphatic carbocycles. The first-order valence-corrected chi connectivity index (χ1v) is 15.5. The normalized spacial score (nSPS) is 16.9. The van der Waals surface area contributed by atoms with E-state index in [0.717, 1.165) is 35.4 Å². The first-order chi connectivity index (χ1) is 20.2. The van der Waals surface area contributed by atoms with E-state index in [-0.39, 0.29) is 18.4 Å². The number of anilines is 2. The number of piperidine rings is 1. The molecule has 2 aliphatic rings. The first kappa shape index (κ1) is 29.0. The zero-order valence-corrected chi connectivity index (χ0v) is 24.3. The number of carbonyl (C=O) groups is 3. The molecule has 42 heavy (non-hydrogen) atoms. The number of ether oxygens (including phenoxy) is 1. The van der Waals surface area contributed by atoms with Crippen LogP contribution in [-0.4, -0.2) is 69.8 Å². The van der Waals surface area contributed by atoms with Crippen molar-refractivity contribution < 1.29 is 27.5 Å². The number of carbonyl (C=O) groups excluding carboxylic acids is 3. The maximum absolute atomic E-state index is 13.3. The van der Waals surface area contributed by atoms with Crippen LogP contribution < -0.4 is 9.62 Å². The van der Waals surface area contributed by atoms with Gasteiger partial charge in [-0.15, -0.1) is 0 Å². The zero-order chi connectivity index (χ0) is 29.9. The molecule has 3 aromatic rings. The van der Waals surface area contributed by atoms with Crippen molar-refractivity contribution >= 4 is 50.6 Å². The number of amides is 2. The van der Waals surface area contributed by atoms with Crippen molar-refractivity contribution in [3.8, 4) is 0 Å². The summed E-state index contributed by atoms with van der Waals surface area (Å²) in [6, 6.07) is 20.7.